The molecule has 0 amide bonds. The zero-order valence-corrected chi connectivity index (χ0v) is 15.8. The molecule has 1 aromatic heterocycles. The number of para-hydroxylation sites is 1. The Morgan fingerprint density at radius 3 is 2.50 bits per heavy atom. The van der Waals surface area contributed by atoms with Crippen LogP contribution in [-0.2, 0) is 10.0 Å². The van der Waals surface area contributed by atoms with Crippen molar-refractivity contribution in [1.29, 1.82) is 0 Å². The van der Waals surface area contributed by atoms with Crippen LogP contribution in [0.5, 0.6) is 5.75 Å². The van der Waals surface area contributed by atoms with E-state index in [4.69, 9.17) is 15.0 Å². The molecule has 6 nitrogen and oxygen atoms in total. The molecule has 0 radical (unpaired) electrons. The lowest BCUT2D eigenvalue weighted by molar-refractivity contribution is 0.416. The molecule has 2 aromatic carbocycles. The third-order valence-electron chi connectivity index (χ3n) is 4.38. The Balaban J connectivity index is 1.90. The van der Waals surface area contributed by atoms with Crippen molar-refractivity contribution < 1.29 is 13.2 Å². The van der Waals surface area contributed by atoms with E-state index in [1.54, 1.807) is 23.9 Å². The van der Waals surface area contributed by atoms with E-state index in [2.05, 4.69) is 5.73 Å². The van der Waals surface area contributed by atoms with E-state index in [1.807, 2.05) is 48.6 Å². The molecule has 1 aliphatic carbocycles. The Morgan fingerprint density at radius 1 is 1.11 bits per heavy atom. The zero-order chi connectivity index (χ0) is 19.7. The Kier molecular flexibility index (Phi) is 4.49. The number of primary sulfonamides is 1. The fraction of sp³-hybridized carbons (Fsp3) is 0.0476. The molecule has 7 heteroatoms. The van der Waals surface area contributed by atoms with Gasteiger partial charge in [-0.1, -0.05) is 18.2 Å². The van der Waals surface area contributed by atoms with E-state index >= 15 is 0 Å². The van der Waals surface area contributed by atoms with Gasteiger partial charge in [0.1, 0.15) is 11.4 Å². The van der Waals surface area contributed by atoms with Gasteiger partial charge in [0.05, 0.1) is 23.4 Å². The highest BCUT2D eigenvalue weighted by atomic mass is 32.2. The molecule has 4 rings (SSSR count). The van der Waals surface area contributed by atoms with E-state index in [-0.39, 0.29) is 4.90 Å². The van der Waals surface area contributed by atoms with Crippen molar-refractivity contribution in [2.24, 2.45) is 5.14 Å². The molecule has 0 unspecified atom stereocenters. The van der Waals surface area contributed by atoms with Crippen molar-refractivity contribution in [3.05, 3.63) is 84.3 Å². The summed E-state index contributed by atoms with van der Waals surface area (Å²) >= 11 is 0. The van der Waals surface area contributed by atoms with Crippen LogP contribution in [0.2, 0.25) is 0 Å². The number of hydrogen-bond acceptors (Lipinski definition) is 4. The summed E-state index contributed by atoms with van der Waals surface area (Å²) in [5.74, 6) is 0.711. The average molecular weight is 391 g/mol. The summed E-state index contributed by atoms with van der Waals surface area (Å²) in [6, 6.07) is 15.9. The van der Waals surface area contributed by atoms with Crippen LogP contribution in [0.25, 0.3) is 22.5 Å². The first-order valence-corrected chi connectivity index (χ1v) is 10.0. The van der Waals surface area contributed by atoms with Crippen LogP contribution in [0.3, 0.4) is 0 Å². The van der Waals surface area contributed by atoms with Crippen molar-refractivity contribution in [2.75, 3.05) is 7.11 Å². The van der Waals surface area contributed by atoms with E-state index in [1.165, 1.54) is 12.1 Å². The summed E-state index contributed by atoms with van der Waals surface area (Å²) in [7, 11) is -2.14. The number of hydrogen-bond donors (Lipinski definition) is 1. The molecule has 0 aliphatic heterocycles. The number of nitrogens with two attached hydrogens (primary N) is 1. The highest BCUT2D eigenvalue weighted by molar-refractivity contribution is 7.89. The van der Waals surface area contributed by atoms with Gasteiger partial charge in [0.15, 0.2) is 0 Å². The van der Waals surface area contributed by atoms with Gasteiger partial charge in [-0.15, -0.1) is 5.73 Å². The maximum Gasteiger partial charge on any atom is 0.238 e. The van der Waals surface area contributed by atoms with Crippen molar-refractivity contribution >= 4 is 15.6 Å². The summed E-state index contributed by atoms with van der Waals surface area (Å²) in [6.07, 6.45) is 5.67. The third-order valence-corrected chi connectivity index (χ3v) is 5.31. The van der Waals surface area contributed by atoms with Gasteiger partial charge < -0.3 is 4.74 Å². The first-order valence-electron chi connectivity index (χ1n) is 8.48. The van der Waals surface area contributed by atoms with Crippen molar-refractivity contribution in [2.45, 2.75) is 4.90 Å². The molecule has 0 fully saturated rings. The Bertz CT molecular complexity index is 1250. The van der Waals surface area contributed by atoms with Gasteiger partial charge in [-0.2, -0.15) is 5.10 Å². The maximum absolute atomic E-state index is 11.5. The summed E-state index contributed by atoms with van der Waals surface area (Å²) in [5, 5.41) is 9.92. The van der Waals surface area contributed by atoms with Gasteiger partial charge in [0, 0.05) is 11.1 Å². The standard InChI is InChI=1S/C21H17N3O3S/c1-27-21-9-5-4-8-18(21)20-14-19(15-6-2-3-7-15)23-24(20)16-10-12-17(13-11-16)28(22,25)26/h2-6,8-14H,1H3,(H2,22,25,26). The van der Waals surface area contributed by atoms with Crippen molar-refractivity contribution in [3.8, 4) is 22.7 Å². The van der Waals surface area contributed by atoms with Gasteiger partial charge in [0.25, 0.3) is 0 Å². The molecule has 0 saturated heterocycles. The van der Waals surface area contributed by atoms with Gasteiger partial charge in [0.2, 0.25) is 10.0 Å². The Hall–Kier alpha value is -3.38. The van der Waals surface area contributed by atoms with E-state index in [0.29, 0.717) is 11.4 Å². The number of benzene rings is 2. The van der Waals surface area contributed by atoms with Gasteiger partial charge in [-0.25, -0.2) is 18.2 Å². The summed E-state index contributed by atoms with van der Waals surface area (Å²) in [4.78, 5) is 0.0480. The fourth-order valence-corrected chi connectivity index (χ4v) is 3.54. The lowest BCUT2D eigenvalue weighted by Crippen LogP contribution is -2.12. The molecule has 140 valence electrons. The molecule has 1 aliphatic rings. The summed E-state index contributed by atoms with van der Waals surface area (Å²) in [6.45, 7) is 0. The number of ether oxygens (including phenoxy) is 1. The molecule has 28 heavy (non-hydrogen) atoms. The number of aromatic nitrogens is 2. The van der Waals surface area contributed by atoms with Crippen LogP contribution in [0, 0.1) is 0 Å². The van der Waals surface area contributed by atoms with Crippen LogP contribution >= 0.6 is 0 Å². The predicted octanol–water partition coefficient (Wildman–Crippen LogP) is 3.30. The minimum atomic E-state index is -3.76. The molecule has 2 N–H and O–H groups in total. The van der Waals surface area contributed by atoms with Crippen LogP contribution in [0.15, 0.2) is 83.5 Å². The minimum absolute atomic E-state index is 0.0480. The Morgan fingerprint density at radius 2 is 1.86 bits per heavy atom. The van der Waals surface area contributed by atoms with Crippen molar-refractivity contribution in [3.63, 3.8) is 0 Å². The number of allylic oxidation sites excluding steroid dienone is 3. The second kappa shape index (κ2) is 6.98. The average Bonchev–Trinajstić information content (AvgIpc) is 3.37. The first kappa shape index (κ1) is 18.0. The SMILES string of the molecule is COc1ccccc1-c1cc(C2=C=CC=C2)nn1-c1ccc(S(N)(=O)=O)cc1. The second-order valence-electron chi connectivity index (χ2n) is 6.15. The molecular weight excluding hydrogens is 374 g/mol. The molecular formula is C21H17N3O3S. The lowest BCUT2D eigenvalue weighted by Gasteiger charge is -2.11. The molecule has 1 heterocycles. The van der Waals surface area contributed by atoms with Crippen LogP contribution in [0.1, 0.15) is 5.69 Å². The molecule has 0 spiro atoms. The van der Waals surface area contributed by atoms with E-state index < -0.39 is 10.0 Å². The van der Waals surface area contributed by atoms with Crippen LogP contribution in [-0.4, -0.2) is 25.3 Å². The minimum Gasteiger partial charge on any atom is -0.496 e. The van der Waals surface area contributed by atoms with Crippen LogP contribution < -0.4 is 9.88 Å². The number of rotatable bonds is 5. The largest absolute Gasteiger partial charge is 0.496 e. The quantitative estimate of drug-likeness (QED) is 0.676. The van der Waals surface area contributed by atoms with E-state index in [9.17, 15) is 8.42 Å². The summed E-state index contributed by atoms with van der Waals surface area (Å²) < 4.78 is 30.4. The number of sulfonamides is 1. The fourth-order valence-electron chi connectivity index (χ4n) is 3.02. The summed E-state index contributed by atoms with van der Waals surface area (Å²) in [5.41, 5.74) is 7.15. The maximum atomic E-state index is 11.5. The molecule has 0 atom stereocenters. The third kappa shape index (κ3) is 3.30. The predicted molar refractivity (Wildman–Crippen MR) is 108 cm³/mol. The molecule has 0 bridgehead atoms. The van der Waals surface area contributed by atoms with Gasteiger partial charge in [-0.05, 0) is 54.6 Å². The molecule has 0 saturated carbocycles. The highest BCUT2D eigenvalue weighted by Gasteiger charge is 2.17. The van der Waals surface area contributed by atoms with Crippen LogP contribution in [0.4, 0.5) is 0 Å². The molecule has 3 aromatic rings. The monoisotopic (exact) mass is 391 g/mol. The normalized spacial score (nSPS) is 13.0. The topological polar surface area (TPSA) is 87.2 Å². The second-order valence-corrected chi connectivity index (χ2v) is 7.71. The highest BCUT2D eigenvalue weighted by Crippen LogP contribution is 2.33. The van der Waals surface area contributed by atoms with Gasteiger partial charge >= 0.3 is 0 Å². The number of nitrogens with zero attached hydrogens (tertiary/aromatic N) is 2. The Labute approximate surface area is 162 Å². The van der Waals surface area contributed by atoms with E-state index in [0.717, 1.165) is 22.5 Å². The lowest BCUT2D eigenvalue weighted by atomic mass is 10.1. The number of methoxy groups -OCH3 is 1. The van der Waals surface area contributed by atoms with Crippen molar-refractivity contribution in [1.82, 2.24) is 9.78 Å². The first-order chi connectivity index (χ1) is 13.5. The van der Waals surface area contributed by atoms with Gasteiger partial charge in [-0.3, -0.25) is 0 Å². The zero-order valence-electron chi connectivity index (χ0n) is 15.0. The smallest absolute Gasteiger partial charge is 0.238 e.